The Labute approximate surface area is 129 Å². The van der Waals surface area contributed by atoms with Crippen molar-refractivity contribution in [3.05, 3.63) is 65.2 Å². The van der Waals surface area contributed by atoms with Crippen LogP contribution in [-0.4, -0.2) is 25.8 Å². The molecule has 7 heteroatoms. The molecule has 0 saturated carbocycles. The number of carboxylic acid groups (broad SMARTS) is 1. The third-order valence-corrected chi connectivity index (χ3v) is 3.32. The molecule has 0 aliphatic rings. The standard InChI is InChI=1S/C15H9ClFN3O2/c16-12-7-11(4-5-13(12)17)20-8-18-14(19-20)9-2-1-3-10(6-9)15(21)22/h1-8H,(H,21,22). The van der Waals surface area contributed by atoms with Crippen LogP contribution in [0.3, 0.4) is 0 Å². The summed E-state index contributed by atoms with van der Waals surface area (Å²) in [5.41, 5.74) is 1.28. The molecule has 1 aromatic heterocycles. The van der Waals surface area contributed by atoms with Gasteiger partial charge in [0, 0.05) is 5.56 Å². The lowest BCUT2D eigenvalue weighted by atomic mass is 10.1. The molecule has 0 unspecified atom stereocenters. The zero-order valence-electron chi connectivity index (χ0n) is 11.1. The van der Waals surface area contributed by atoms with Crippen LogP contribution in [0.15, 0.2) is 48.8 Å². The van der Waals surface area contributed by atoms with Crippen LogP contribution in [0.1, 0.15) is 10.4 Å². The van der Waals surface area contributed by atoms with Gasteiger partial charge in [-0.25, -0.2) is 18.9 Å². The summed E-state index contributed by atoms with van der Waals surface area (Å²) >= 11 is 5.74. The molecule has 3 aromatic rings. The highest BCUT2D eigenvalue weighted by molar-refractivity contribution is 6.30. The molecule has 1 N–H and O–H groups in total. The maximum atomic E-state index is 13.2. The smallest absolute Gasteiger partial charge is 0.335 e. The molecular formula is C15H9ClFN3O2. The van der Waals surface area contributed by atoms with E-state index in [9.17, 15) is 9.18 Å². The molecule has 0 aliphatic carbocycles. The van der Waals surface area contributed by atoms with Crippen molar-refractivity contribution in [1.29, 1.82) is 0 Å². The zero-order chi connectivity index (χ0) is 15.7. The van der Waals surface area contributed by atoms with E-state index in [0.717, 1.165) is 0 Å². The Balaban J connectivity index is 1.98. The Morgan fingerprint density at radius 3 is 2.77 bits per heavy atom. The van der Waals surface area contributed by atoms with Crippen LogP contribution >= 0.6 is 11.6 Å². The first-order valence-corrected chi connectivity index (χ1v) is 6.63. The van der Waals surface area contributed by atoms with Crippen molar-refractivity contribution < 1.29 is 14.3 Å². The summed E-state index contributed by atoms with van der Waals surface area (Å²) in [6, 6.07) is 10.5. The second kappa shape index (κ2) is 5.57. The molecule has 1 heterocycles. The fraction of sp³-hybridized carbons (Fsp3) is 0. The first-order valence-electron chi connectivity index (χ1n) is 6.25. The molecule has 0 atom stereocenters. The molecule has 0 amide bonds. The minimum Gasteiger partial charge on any atom is -0.478 e. The summed E-state index contributed by atoms with van der Waals surface area (Å²) in [5, 5.41) is 13.2. The van der Waals surface area contributed by atoms with E-state index in [1.165, 1.54) is 41.3 Å². The minimum absolute atomic E-state index is 0.0116. The number of carbonyl (C=O) groups is 1. The van der Waals surface area contributed by atoms with E-state index in [2.05, 4.69) is 10.1 Å². The van der Waals surface area contributed by atoms with Crippen LogP contribution in [0.25, 0.3) is 17.1 Å². The molecule has 0 saturated heterocycles. The number of aromatic nitrogens is 3. The second-order valence-corrected chi connectivity index (χ2v) is 4.90. The third-order valence-electron chi connectivity index (χ3n) is 3.03. The fourth-order valence-corrected chi connectivity index (χ4v) is 2.11. The van der Waals surface area contributed by atoms with Gasteiger partial charge in [0.1, 0.15) is 12.1 Å². The summed E-state index contributed by atoms with van der Waals surface area (Å²) in [7, 11) is 0. The number of aromatic carboxylic acids is 1. The summed E-state index contributed by atoms with van der Waals surface area (Å²) in [6.45, 7) is 0. The van der Waals surface area contributed by atoms with E-state index in [4.69, 9.17) is 16.7 Å². The Morgan fingerprint density at radius 2 is 2.05 bits per heavy atom. The third kappa shape index (κ3) is 2.68. The highest BCUT2D eigenvalue weighted by Crippen LogP contribution is 2.20. The van der Waals surface area contributed by atoms with Gasteiger partial charge in [-0.3, -0.25) is 0 Å². The van der Waals surface area contributed by atoms with E-state index in [0.29, 0.717) is 17.1 Å². The van der Waals surface area contributed by atoms with Crippen molar-refractivity contribution in [3.8, 4) is 17.1 Å². The first-order chi connectivity index (χ1) is 10.5. The molecule has 22 heavy (non-hydrogen) atoms. The number of hydrogen-bond donors (Lipinski definition) is 1. The van der Waals surface area contributed by atoms with E-state index < -0.39 is 11.8 Å². The molecular weight excluding hydrogens is 309 g/mol. The molecule has 0 aliphatic heterocycles. The molecule has 0 bridgehead atoms. The first kappa shape index (κ1) is 14.2. The molecule has 5 nitrogen and oxygen atoms in total. The highest BCUT2D eigenvalue weighted by atomic mass is 35.5. The predicted molar refractivity (Wildman–Crippen MR) is 78.7 cm³/mol. The Morgan fingerprint density at radius 1 is 1.23 bits per heavy atom. The lowest BCUT2D eigenvalue weighted by molar-refractivity contribution is 0.0697. The Hall–Kier alpha value is -2.73. The van der Waals surface area contributed by atoms with Crippen molar-refractivity contribution in [2.24, 2.45) is 0 Å². The number of carboxylic acids is 1. The van der Waals surface area contributed by atoms with Gasteiger partial charge in [0.2, 0.25) is 0 Å². The van der Waals surface area contributed by atoms with Crippen molar-refractivity contribution >= 4 is 17.6 Å². The lowest BCUT2D eigenvalue weighted by Crippen LogP contribution is -1.97. The van der Waals surface area contributed by atoms with Gasteiger partial charge >= 0.3 is 5.97 Å². The summed E-state index contributed by atoms with van der Waals surface area (Å²) in [5.74, 6) is -1.17. The quantitative estimate of drug-likeness (QED) is 0.803. The molecule has 0 fully saturated rings. The van der Waals surface area contributed by atoms with Gasteiger partial charge in [-0.15, -0.1) is 5.10 Å². The van der Waals surface area contributed by atoms with Crippen molar-refractivity contribution in [2.75, 3.05) is 0 Å². The van der Waals surface area contributed by atoms with Crippen molar-refractivity contribution in [2.45, 2.75) is 0 Å². The van der Waals surface area contributed by atoms with Crippen molar-refractivity contribution in [1.82, 2.24) is 14.8 Å². The average Bonchev–Trinajstić information content (AvgIpc) is 3.00. The SMILES string of the molecule is O=C(O)c1cccc(-c2ncn(-c3ccc(F)c(Cl)c3)n2)c1. The van der Waals surface area contributed by atoms with Crippen molar-refractivity contribution in [3.63, 3.8) is 0 Å². The largest absolute Gasteiger partial charge is 0.478 e. The van der Waals surface area contributed by atoms with Crippen LogP contribution < -0.4 is 0 Å². The monoisotopic (exact) mass is 317 g/mol. The maximum absolute atomic E-state index is 13.2. The fourth-order valence-electron chi connectivity index (χ4n) is 1.94. The van der Waals surface area contributed by atoms with Crippen LogP contribution in [0, 0.1) is 5.82 Å². The highest BCUT2D eigenvalue weighted by Gasteiger charge is 2.10. The van der Waals surface area contributed by atoms with Gasteiger partial charge in [0.15, 0.2) is 5.82 Å². The van der Waals surface area contributed by atoms with Gasteiger partial charge in [-0.1, -0.05) is 23.7 Å². The average molecular weight is 318 g/mol. The summed E-state index contributed by atoms with van der Waals surface area (Å²) < 4.78 is 14.6. The molecule has 2 aromatic carbocycles. The molecule has 3 rings (SSSR count). The maximum Gasteiger partial charge on any atom is 0.335 e. The number of hydrogen-bond acceptors (Lipinski definition) is 3. The van der Waals surface area contributed by atoms with E-state index in [1.54, 1.807) is 12.1 Å². The second-order valence-electron chi connectivity index (χ2n) is 4.50. The number of halogens is 2. The molecule has 0 radical (unpaired) electrons. The topological polar surface area (TPSA) is 68.0 Å². The number of nitrogens with zero attached hydrogens (tertiary/aromatic N) is 3. The van der Waals surface area contributed by atoms with Gasteiger partial charge < -0.3 is 5.11 Å². The van der Waals surface area contributed by atoms with E-state index in [-0.39, 0.29) is 10.6 Å². The zero-order valence-corrected chi connectivity index (χ0v) is 11.8. The normalized spacial score (nSPS) is 10.6. The molecule has 0 spiro atoms. The predicted octanol–water partition coefficient (Wildman–Crippen LogP) is 3.43. The van der Waals surface area contributed by atoms with Gasteiger partial charge in [0.05, 0.1) is 16.3 Å². The van der Waals surface area contributed by atoms with Crippen LogP contribution in [0.2, 0.25) is 5.02 Å². The van der Waals surface area contributed by atoms with Crippen LogP contribution in [0.5, 0.6) is 0 Å². The number of benzene rings is 2. The van der Waals surface area contributed by atoms with Gasteiger partial charge in [0.25, 0.3) is 0 Å². The Bertz CT molecular complexity index is 863. The Kier molecular flexibility index (Phi) is 3.60. The summed E-state index contributed by atoms with van der Waals surface area (Å²) in [6.07, 6.45) is 1.45. The van der Waals surface area contributed by atoms with Crippen LogP contribution in [-0.2, 0) is 0 Å². The van der Waals surface area contributed by atoms with Crippen LogP contribution in [0.4, 0.5) is 4.39 Å². The minimum atomic E-state index is -1.02. The van der Waals surface area contributed by atoms with Gasteiger partial charge in [-0.05, 0) is 30.3 Å². The number of rotatable bonds is 3. The van der Waals surface area contributed by atoms with E-state index in [1.807, 2.05) is 0 Å². The van der Waals surface area contributed by atoms with Gasteiger partial charge in [-0.2, -0.15) is 0 Å². The summed E-state index contributed by atoms with van der Waals surface area (Å²) in [4.78, 5) is 15.1. The molecule has 110 valence electrons. The van der Waals surface area contributed by atoms with E-state index >= 15 is 0 Å². The lowest BCUT2D eigenvalue weighted by Gasteiger charge is -2.01.